The van der Waals surface area contributed by atoms with Crippen molar-refractivity contribution in [1.29, 1.82) is 0 Å². The summed E-state index contributed by atoms with van der Waals surface area (Å²) in [6.45, 7) is 0. The highest BCUT2D eigenvalue weighted by atomic mass is 32.1. The van der Waals surface area contributed by atoms with E-state index < -0.39 is 5.97 Å². The summed E-state index contributed by atoms with van der Waals surface area (Å²) >= 11 is 1.12. The van der Waals surface area contributed by atoms with Crippen LogP contribution >= 0.6 is 11.3 Å². The molecule has 0 saturated carbocycles. The molecule has 0 spiro atoms. The predicted octanol–water partition coefficient (Wildman–Crippen LogP) is 1.21. The number of hydrogen-bond donors (Lipinski definition) is 2. The molecule has 0 fully saturated rings. The molecule has 5 nitrogen and oxygen atoms in total. The maximum absolute atomic E-state index is 10.7. The van der Waals surface area contributed by atoms with Gasteiger partial charge < -0.3 is 10.8 Å². The van der Waals surface area contributed by atoms with Crippen molar-refractivity contribution in [1.82, 2.24) is 9.55 Å². The average Bonchev–Trinajstić information content (AvgIpc) is 2.71. The van der Waals surface area contributed by atoms with Gasteiger partial charge in [0.25, 0.3) is 0 Å². The summed E-state index contributed by atoms with van der Waals surface area (Å²) in [6.07, 6.45) is 4.90. The van der Waals surface area contributed by atoms with Crippen LogP contribution in [0.3, 0.4) is 0 Å². The third-order valence-electron chi connectivity index (χ3n) is 1.69. The number of aromatic nitrogens is 2. The van der Waals surface area contributed by atoms with Gasteiger partial charge in [0.2, 0.25) is 0 Å². The number of imidazole rings is 1. The first-order chi connectivity index (χ1) is 6.68. The number of rotatable bonds is 2. The normalized spacial score (nSPS) is 10.3. The quantitative estimate of drug-likeness (QED) is 0.779. The third-order valence-corrected chi connectivity index (χ3v) is 2.84. The zero-order valence-electron chi connectivity index (χ0n) is 7.04. The summed E-state index contributed by atoms with van der Waals surface area (Å²) in [5.41, 5.74) is 6.12. The largest absolute Gasteiger partial charge is 0.477 e. The molecule has 0 aliphatic carbocycles. The number of aromatic carboxylic acids is 1. The molecule has 0 bridgehead atoms. The fraction of sp³-hybridized carbons (Fsp3) is 0. The van der Waals surface area contributed by atoms with Gasteiger partial charge in [-0.3, -0.25) is 4.57 Å². The van der Waals surface area contributed by atoms with Gasteiger partial charge in [-0.25, -0.2) is 9.78 Å². The number of nitrogens with two attached hydrogens (primary N) is 1. The summed E-state index contributed by atoms with van der Waals surface area (Å²) in [5, 5.41) is 9.43. The number of carboxylic acid groups (broad SMARTS) is 1. The first-order valence-corrected chi connectivity index (χ1v) is 4.61. The molecule has 0 aromatic carbocycles. The topological polar surface area (TPSA) is 81.1 Å². The second-order valence-corrected chi connectivity index (χ2v) is 3.68. The molecular weight excluding hydrogens is 202 g/mol. The monoisotopic (exact) mass is 209 g/mol. The SMILES string of the molecule is Nc1cc(C(=O)O)sc1-n1ccnc1. The first kappa shape index (κ1) is 8.76. The van der Waals surface area contributed by atoms with Crippen LogP contribution in [-0.4, -0.2) is 20.6 Å². The minimum atomic E-state index is -0.965. The van der Waals surface area contributed by atoms with Crippen molar-refractivity contribution < 1.29 is 9.90 Å². The Morgan fingerprint density at radius 1 is 1.64 bits per heavy atom. The van der Waals surface area contributed by atoms with E-state index in [1.165, 1.54) is 6.07 Å². The van der Waals surface area contributed by atoms with Crippen LogP contribution in [0.25, 0.3) is 5.00 Å². The zero-order valence-corrected chi connectivity index (χ0v) is 7.86. The second-order valence-electron chi connectivity index (χ2n) is 2.65. The summed E-state index contributed by atoms with van der Waals surface area (Å²) in [4.78, 5) is 14.8. The van der Waals surface area contributed by atoms with Crippen molar-refractivity contribution in [2.75, 3.05) is 5.73 Å². The lowest BCUT2D eigenvalue weighted by Gasteiger charge is -1.97. The second kappa shape index (κ2) is 3.15. The molecule has 0 saturated heterocycles. The maximum atomic E-state index is 10.7. The molecule has 2 heterocycles. The first-order valence-electron chi connectivity index (χ1n) is 3.79. The van der Waals surface area contributed by atoms with E-state index in [1.54, 1.807) is 23.3 Å². The van der Waals surface area contributed by atoms with Crippen LogP contribution in [0.1, 0.15) is 9.67 Å². The molecule has 3 N–H and O–H groups in total. The van der Waals surface area contributed by atoms with E-state index in [4.69, 9.17) is 10.8 Å². The summed E-state index contributed by atoms with van der Waals surface area (Å²) in [5.74, 6) is -0.965. The Kier molecular flexibility index (Phi) is 1.97. The van der Waals surface area contributed by atoms with E-state index >= 15 is 0 Å². The Balaban J connectivity index is 2.50. The molecule has 0 unspecified atom stereocenters. The fourth-order valence-electron chi connectivity index (χ4n) is 1.08. The molecule has 0 aliphatic heterocycles. The minimum absolute atomic E-state index is 0.228. The molecule has 72 valence electrons. The maximum Gasteiger partial charge on any atom is 0.346 e. The number of carbonyl (C=O) groups is 1. The van der Waals surface area contributed by atoms with Gasteiger partial charge in [0, 0.05) is 12.4 Å². The Hall–Kier alpha value is -1.82. The molecule has 0 atom stereocenters. The molecule has 2 aromatic rings. The van der Waals surface area contributed by atoms with Crippen LogP contribution in [0.5, 0.6) is 0 Å². The van der Waals surface area contributed by atoms with E-state index in [1.807, 2.05) is 0 Å². The van der Waals surface area contributed by atoms with Gasteiger partial charge in [-0.1, -0.05) is 0 Å². The minimum Gasteiger partial charge on any atom is -0.477 e. The summed E-state index contributed by atoms with van der Waals surface area (Å²) in [6, 6.07) is 1.45. The fourth-order valence-corrected chi connectivity index (χ4v) is 1.95. The highest BCUT2D eigenvalue weighted by molar-refractivity contribution is 7.17. The Labute approximate surface area is 83.4 Å². The average molecular weight is 209 g/mol. The van der Waals surface area contributed by atoms with Gasteiger partial charge in [-0.15, -0.1) is 11.3 Å². The van der Waals surface area contributed by atoms with Crippen molar-refractivity contribution in [3.05, 3.63) is 29.7 Å². The molecular formula is C8H7N3O2S. The Morgan fingerprint density at radius 2 is 2.43 bits per heavy atom. The third kappa shape index (κ3) is 1.35. The molecule has 2 aromatic heterocycles. The van der Waals surface area contributed by atoms with Crippen LogP contribution < -0.4 is 5.73 Å². The van der Waals surface area contributed by atoms with E-state index in [9.17, 15) is 4.79 Å². The number of hydrogen-bond acceptors (Lipinski definition) is 4. The lowest BCUT2D eigenvalue weighted by Crippen LogP contribution is -1.91. The molecule has 0 aliphatic rings. The number of thiophene rings is 1. The van der Waals surface area contributed by atoms with Crippen LogP contribution in [0.15, 0.2) is 24.8 Å². The Bertz CT molecular complexity index is 461. The van der Waals surface area contributed by atoms with Gasteiger partial charge in [-0.05, 0) is 6.07 Å². The summed E-state index contributed by atoms with van der Waals surface area (Å²) < 4.78 is 1.69. The van der Waals surface area contributed by atoms with Gasteiger partial charge >= 0.3 is 5.97 Å². The number of anilines is 1. The predicted molar refractivity (Wildman–Crippen MR) is 52.8 cm³/mol. The molecule has 6 heteroatoms. The van der Waals surface area contributed by atoms with Crippen molar-refractivity contribution in [2.24, 2.45) is 0 Å². The highest BCUT2D eigenvalue weighted by Crippen LogP contribution is 2.28. The highest BCUT2D eigenvalue weighted by Gasteiger charge is 2.12. The smallest absolute Gasteiger partial charge is 0.346 e. The van der Waals surface area contributed by atoms with E-state index in [0.717, 1.165) is 11.3 Å². The van der Waals surface area contributed by atoms with Crippen LogP contribution in [0, 0.1) is 0 Å². The number of nitrogen functional groups attached to an aromatic ring is 1. The molecule has 0 radical (unpaired) electrons. The van der Waals surface area contributed by atoms with Crippen molar-refractivity contribution in [3.8, 4) is 5.00 Å². The lowest BCUT2D eigenvalue weighted by atomic mass is 10.4. The van der Waals surface area contributed by atoms with Crippen molar-refractivity contribution in [3.63, 3.8) is 0 Å². The van der Waals surface area contributed by atoms with Gasteiger partial charge in [-0.2, -0.15) is 0 Å². The van der Waals surface area contributed by atoms with E-state index in [-0.39, 0.29) is 4.88 Å². The van der Waals surface area contributed by atoms with Crippen LogP contribution in [0.2, 0.25) is 0 Å². The summed E-state index contributed by atoms with van der Waals surface area (Å²) in [7, 11) is 0. The standard InChI is InChI=1S/C8H7N3O2S/c9-5-3-6(8(12)13)14-7(5)11-2-1-10-4-11/h1-4H,9H2,(H,12,13). The lowest BCUT2D eigenvalue weighted by molar-refractivity contribution is 0.0702. The van der Waals surface area contributed by atoms with Crippen LogP contribution in [0.4, 0.5) is 5.69 Å². The van der Waals surface area contributed by atoms with Crippen molar-refractivity contribution in [2.45, 2.75) is 0 Å². The van der Waals surface area contributed by atoms with Crippen molar-refractivity contribution >= 4 is 23.0 Å². The number of carboxylic acids is 1. The molecule has 2 rings (SSSR count). The Morgan fingerprint density at radius 3 is 2.93 bits per heavy atom. The van der Waals surface area contributed by atoms with Crippen LogP contribution in [-0.2, 0) is 0 Å². The van der Waals surface area contributed by atoms with E-state index in [2.05, 4.69) is 4.98 Å². The molecule has 0 amide bonds. The zero-order chi connectivity index (χ0) is 10.1. The van der Waals surface area contributed by atoms with Gasteiger partial charge in [0.1, 0.15) is 9.88 Å². The number of nitrogens with zero attached hydrogens (tertiary/aromatic N) is 2. The van der Waals surface area contributed by atoms with Gasteiger partial charge in [0.05, 0.1) is 12.0 Å². The van der Waals surface area contributed by atoms with Gasteiger partial charge in [0.15, 0.2) is 0 Å². The van der Waals surface area contributed by atoms with E-state index in [0.29, 0.717) is 10.7 Å². The molecule has 14 heavy (non-hydrogen) atoms.